The lowest BCUT2D eigenvalue weighted by Crippen LogP contribution is -1.95. The molecule has 2 rings (SSSR count). The van der Waals surface area contributed by atoms with Crippen LogP contribution in [-0.4, -0.2) is 26.6 Å². The maximum atomic E-state index is 4.95. The molecule has 5 nitrogen and oxygen atoms in total. The van der Waals surface area contributed by atoms with Crippen molar-refractivity contribution < 1.29 is 4.74 Å². The molecule has 2 aromatic rings. The van der Waals surface area contributed by atoms with Gasteiger partial charge < -0.3 is 9.30 Å². The van der Waals surface area contributed by atoms with Crippen LogP contribution >= 0.6 is 15.9 Å². The van der Waals surface area contributed by atoms with Crippen LogP contribution < -0.4 is 4.74 Å². The number of aromatic nitrogens is 4. The van der Waals surface area contributed by atoms with Gasteiger partial charge >= 0.3 is 6.01 Å². The van der Waals surface area contributed by atoms with Crippen molar-refractivity contribution in [3.63, 3.8) is 0 Å². The van der Waals surface area contributed by atoms with Crippen LogP contribution in [0, 0.1) is 6.92 Å². The highest BCUT2D eigenvalue weighted by Gasteiger charge is 2.12. The number of fused-ring (bicyclic) bond motifs is 1. The maximum absolute atomic E-state index is 4.95. The molecule has 14 heavy (non-hydrogen) atoms. The number of aryl methyl sites for hydroxylation is 2. The number of nitrogens with zero attached hydrogens (tertiary/aromatic N) is 4. The Balaban J connectivity index is 2.83. The molecule has 0 saturated carbocycles. The normalized spacial score (nSPS) is 10.9. The predicted octanol–water partition coefficient (Wildman–Crippen LogP) is 1.44. The van der Waals surface area contributed by atoms with Gasteiger partial charge in [-0.15, -0.1) is 0 Å². The maximum Gasteiger partial charge on any atom is 0.319 e. The number of hydrogen-bond acceptors (Lipinski definition) is 4. The molecule has 0 fully saturated rings. The van der Waals surface area contributed by atoms with Crippen molar-refractivity contribution >= 4 is 27.1 Å². The second kappa shape index (κ2) is 3.20. The van der Waals surface area contributed by atoms with E-state index in [1.807, 2.05) is 18.5 Å². The smallest absolute Gasteiger partial charge is 0.319 e. The first kappa shape index (κ1) is 9.39. The Morgan fingerprint density at radius 2 is 2.00 bits per heavy atom. The molecule has 0 aliphatic rings. The van der Waals surface area contributed by atoms with Gasteiger partial charge in [-0.25, -0.2) is 4.98 Å². The fourth-order valence-electron chi connectivity index (χ4n) is 1.25. The third-order valence-corrected chi connectivity index (χ3v) is 2.63. The summed E-state index contributed by atoms with van der Waals surface area (Å²) >= 11 is 3.36. The van der Waals surface area contributed by atoms with E-state index >= 15 is 0 Å². The molecule has 0 aliphatic heterocycles. The second-order valence-electron chi connectivity index (χ2n) is 2.89. The Morgan fingerprint density at radius 1 is 1.29 bits per heavy atom. The van der Waals surface area contributed by atoms with Crippen LogP contribution in [0.5, 0.6) is 6.01 Å². The minimum absolute atomic E-state index is 0.322. The molecule has 0 atom stereocenters. The average Bonchev–Trinajstić information content (AvgIpc) is 2.43. The largest absolute Gasteiger partial charge is 0.467 e. The first-order chi connectivity index (χ1) is 6.63. The lowest BCUT2D eigenvalue weighted by Gasteiger charge is -2.00. The number of imidazole rings is 1. The predicted molar refractivity (Wildman–Crippen MR) is 55.3 cm³/mol. The van der Waals surface area contributed by atoms with Crippen LogP contribution in [0.3, 0.4) is 0 Å². The molecule has 0 N–H and O–H groups in total. The van der Waals surface area contributed by atoms with Gasteiger partial charge in [-0.1, -0.05) is 0 Å². The summed E-state index contributed by atoms with van der Waals surface area (Å²) in [4.78, 5) is 12.5. The standard InChI is InChI=1S/C8H9BrN4O/c1-4-10-7-5(13(4)2)6(9)11-8(12-7)14-3/h1-3H3. The van der Waals surface area contributed by atoms with Crippen LogP contribution in [0.1, 0.15) is 5.82 Å². The molecule has 0 amide bonds. The summed E-state index contributed by atoms with van der Waals surface area (Å²) in [5, 5.41) is 0. The topological polar surface area (TPSA) is 52.8 Å². The SMILES string of the molecule is COc1nc(Br)c2c(n1)nc(C)n2C. The fourth-order valence-corrected chi connectivity index (χ4v) is 1.84. The summed E-state index contributed by atoms with van der Waals surface area (Å²) < 4.78 is 7.58. The lowest BCUT2D eigenvalue weighted by molar-refractivity contribution is 0.380. The van der Waals surface area contributed by atoms with Crippen LogP contribution in [0.15, 0.2) is 4.60 Å². The third-order valence-electron chi connectivity index (χ3n) is 2.07. The van der Waals surface area contributed by atoms with E-state index in [1.165, 1.54) is 7.11 Å². The summed E-state index contributed by atoms with van der Waals surface area (Å²) in [7, 11) is 3.45. The van der Waals surface area contributed by atoms with Gasteiger partial charge in [0.05, 0.1) is 7.11 Å². The van der Waals surface area contributed by atoms with Crippen molar-refractivity contribution in [2.45, 2.75) is 6.92 Å². The first-order valence-corrected chi connectivity index (χ1v) is 4.83. The highest BCUT2D eigenvalue weighted by atomic mass is 79.9. The monoisotopic (exact) mass is 256 g/mol. The Hall–Kier alpha value is -1.17. The van der Waals surface area contributed by atoms with Crippen LogP contribution in [0.4, 0.5) is 0 Å². The zero-order valence-corrected chi connectivity index (χ0v) is 9.66. The summed E-state index contributed by atoms with van der Waals surface area (Å²) in [5.74, 6) is 0.892. The van der Waals surface area contributed by atoms with Crippen molar-refractivity contribution in [1.82, 2.24) is 19.5 Å². The van der Waals surface area contributed by atoms with E-state index < -0.39 is 0 Å². The Bertz CT molecular complexity index is 494. The molecular formula is C8H9BrN4O. The van der Waals surface area contributed by atoms with Gasteiger partial charge in [-0.05, 0) is 22.9 Å². The Kier molecular flexibility index (Phi) is 2.14. The number of halogens is 1. The van der Waals surface area contributed by atoms with Gasteiger partial charge in [0, 0.05) is 7.05 Å². The molecule has 2 heterocycles. The molecule has 0 unspecified atom stereocenters. The molecule has 2 aromatic heterocycles. The minimum Gasteiger partial charge on any atom is -0.467 e. The zero-order valence-electron chi connectivity index (χ0n) is 8.08. The highest BCUT2D eigenvalue weighted by Crippen LogP contribution is 2.22. The fraction of sp³-hybridized carbons (Fsp3) is 0.375. The molecule has 6 heteroatoms. The molecule has 74 valence electrons. The van der Waals surface area contributed by atoms with E-state index in [0.29, 0.717) is 16.3 Å². The summed E-state index contributed by atoms with van der Waals surface area (Å²) in [6.07, 6.45) is 0. The average molecular weight is 257 g/mol. The van der Waals surface area contributed by atoms with Gasteiger partial charge in [0.1, 0.15) is 15.9 Å². The van der Waals surface area contributed by atoms with Gasteiger partial charge in [0.15, 0.2) is 5.65 Å². The molecule has 0 aliphatic carbocycles. The lowest BCUT2D eigenvalue weighted by atomic mass is 10.5. The van der Waals surface area contributed by atoms with E-state index in [9.17, 15) is 0 Å². The zero-order chi connectivity index (χ0) is 10.3. The first-order valence-electron chi connectivity index (χ1n) is 4.04. The van der Waals surface area contributed by atoms with E-state index in [2.05, 4.69) is 30.9 Å². The van der Waals surface area contributed by atoms with E-state index in [4.69, 9.17) is 4.74 Å². The molecule has 0 spiro atoms. The van der Waals surface area contributed by atoms with Crippen molar-refractivity contribution in [2.75, 3.05) is 7.11 Å². The van der Waals surface area contributed by atoms with Crippen molar-refractivity contribution in [3.8, 4) is 6.01 Å². The van der Waals surface area contributed by atoms with E-state index in [-0.39, 0.29) is 0 Å². The quantitative estimate of drug-likeness (QED) is 0.725. The number of hydrogen-bond donors (Lipinski definition) is 0. The van der Waals surface area contributed by atoms with Crippen LogP contribution in [-0.2, 0) is 7.05 Å². The van der Waals surface area contributed by atoms with Gasteiger partial charge in [-0.3, -0.25) is 0 Å². The van der Waals surface area contributed by atoms with Crippen molar-refractivity contribution in [1.29, 1.82) is 0 Å². The molecular weight excluding hydrogens is 248 g/mol. The van der Waals surface area contributed by atoms with E-state index in [0.717, 1.165) is 11.3 Å². The van der Waals surface area contributed by atoms with Crippen molar-refractivity contribution in [3.05, 3.63) is 10.4 Å². The van der Waals surface area contributed by atoms with Gasteiger partial charge in [0.2, 0.25) is 0 Å². The van der Waals surface area contributed by atoms with Gasteiger partial charge in [-0.2, -0.15) is 9.97 Å². The van der Waals surface area contributed by atoms with E-state index in [1.54, 1.807) is 0 Å². The molecule has 0 bridgehead atoms. The summed E-state index contributed by atoms with van der Waals surface area (Å²) in [5.41, 5.74) is 1.52. The molecule has 0 saturated heterocycles. The Morgan fingerprint density at radius 3 is 2.64 bits per heavy atom. The third kappa shape index (κ3) is 1.26. The number of rotatable bonds is 1. The molecule has 0 radical (unpaired) electrons. The molecule has 0 aromatic carbocycles. The minimum atomic E-state index is 0.322. The van der Waals surface area contributed by atoms with Gasteiger partial charge in [0.25, 0.3) is 0 Å². The Labute approximate surface area is 89.3 Å². The summed E-state index contributed by atoms with van der Waals surface area (Å²) in [6.45, 7) is 1.92. The number of ether oxygens (including phenoxy) is 1. The van der Waals surface area contributed by atoms with Crippen LogP contribution in [0.25, 0.3) is 11.2 Å². The summed E-state index contributed by atoms with van der Waals surface area (Å²) in [6, 6.07) is 0.322. The second-order valence-corrected chi connectivity index (χ2v) is 3.64. The highest BCUT2D eigenvalue weighted by molar-refractivity contribution is 9.10. The van der Waals surface area contributed by atoms with Crippen LogP contribution in [0.2, 0.25) is 0 Å². The number of methoxy groups -OCH3 is 1. The van der Waals surface area contributed by atoms with Crippen molar-refractivity contribution in [2.24, 2.45) is 7.05 Å².